The summed E-state index contributed by atoms with van der Waals surface area (Å²) in [5, 5.41) is 10.7. The molecule has 1 saturated heterocycles. The van der Waals surface area contributed by atoms with Gasteiger partial charge in [0.1, 0.15) is 0 Å². The lowest BCUT2D eigenvalue weighted by Crippen LogP contribution is -2.08. The Bertz CT molecular complexity index is 378. The van der Waals surface area contributed by atoms with Gasteiger partial charge in [-0.05, 0) is 47.7 Å². The highest BCUT2D eigenvalue weighted by Gasteiger charge is 2.19. The number of benzene rings is 1. The van der Waals surface area contributed by atoms with E-state index in [1.807, 2.05) is 18.2 Å². The number of aliphatic hydroxyl groups excluding tert-OH is 1. The fraction of sp³-hybridized carbons (Fsp3) is 0.538. The van der Waals surface area contributed by atoms with Crippen LogP contribution in [0.25, 0.3) is 0 Å². The Morgan fingerprint density at radius 1 is 1.53 bits per heavy atom. The van der Waals surface area contributed by atoms with Crippen LogP contribution in [-0.4, -0.2) is 17.8 Å². The van der Waals surface area contributed by atoms with E-state index in [9.17, 15) is 5.11 Å². The minimum Gasteiger partial charge on any atom is -0.388 e. The Kier molecular flexibility index (Phi) is 4.86. The zero-order valence-corrected chi connectivity index (χ0v) is 11.9. The van der Waals surface area contributed by atoms with Crippen molar-refractivity contribution < 1.29 is 9.84 Å². The predicted molar refractivity (Wildman–Crippen MR) is 72.3 cm³/mol. The zero-order chi connectivity index (χ0) is 12.3. The maximum Gasteiger partial charge on any atom is 0.0805 e. The third-order valence-corrected chi connectivity index (χ3v) is 4.44. The number of halogens is 2. The van der Waals surface area contributed by atoms with E-state index >= 15 is 0 Å². The van der Waals surface area contributed by atoms with E-state index in [0.29, 0.717) is 17.5 Å². The lowest BCUT2D eigenvalue weighted by Gasteiger charge is -2.15. The third kappa shape index (κ3) is 3.44. The molecule has 1 heterocycles. The third-order valence-electron chi connectivity index (χ3n) is 3.13. The molecule has 2 nitrogen and oxygen atoms in total. The average Bonchev–Trinajstić information content (AvgIpc) is 2.82. The molecular weight excluding hydrogens is 303 g/mol. The second-order valence-electron chi connectivity index (χ2n) is 4.37. The number of hydrogen-bond donors (Lipinski definition) is 1. The standard InChI is InChI=1S/C13H16BrClO2/c14-11-5-1-4-10(13(11)15)12(16)7-6-9-3-2-8-17-9/h1,4-5,9,12,16H,2-3,6-8H2. The first-order valence-corrected chi connectivity index (χ1v) is 7.09. The van der Waals surface area contributed by atoms with Gasteiger partial charge < -0.3 is 9.84 Å². The summed E-state index contributed by atoms with van der Waals surface area (Å²) >= 11 is 9.51. The van der Waals surface area contributed by atoms with Gasteiger partial charge in [-0.3, -0.25) is 0 Å². The molecule has 0 bridgehead atoms. The first-order chi connectivity index (χ1) is 8.18. The second-order valence-corrected chi connectivity index (χ2v) is 5.60. The molecule has 2 unspecified atom stereocenters. The maximum atomic E-state index is 10.1. The summed E-state index contributed by atoms with van der Waals surface area (Å²) < 4.78 is 6.37. The lowest BCUT2D eigenvalue weighted by molar-refractivity contribution is 0.0812. The molecule has 1 aliphatic heterocycles. The molecule has 1 N–H and O–H groups in total. The van der Waals surface area contributed by atoms with E-state index in [-0.39, 0.29) is 0 Å². The van der Waals surface area contributed by atoms with Crippen molar-refractivity contribution in [3.63, 3.8) is 0 Å². The highest BCUT2D eigenvalue weighted by Crippen LogP contribution is 2.33. The molecule has 0 spiro atoms. The SMILES string of the molecule is OC(CCC1CCCO1)c1cccc(Br)c1Cl. The highest BCUT2D eigenvalue weighted by atomic mass is 79.9. The summed E-state index contributed by atoms with van der Waals surface area (Å²) in [5.41, 5.74) is 0.791. The average molecular weight is 320 g/mol. The van der Waals surface area contributed by atoms with Gasteiger partial charge in [-0.25, -0.2) is 0 Å². The predicted octanol–water partition coefficient (Wildman–Crippen LogP) is 4.10. The smallest absolute Gasteiger partial charge is 0.0805 e. The van der Waals surface area contributed by atoms with Crippen molar-refractivity contribution >= 4 is 27.5 Å². The van der Waals surface area contributed by atoms with Crippen molar-refractivity contribution in [2.24, 2.45) is 0 Å². The number of aliphatic hydroxyl groups is 1. The van der Waals surface area contributed by atoms with Crippen LogP contribution in [0.1, 0.15) is 37.4 Å². The van der Waals surface area contributed by atoms with Gasteiger partial charge in [-0.15, -0.1) is 0 Å². The van der Waals surface area contributed by atoms with Crippen LogP contribution in [0, 0.1) is 0 Å². The zero-order valence-electron chi connectivity index (χ0n) is 9.53. The van der Waals surface area contributed by atoms with Crippen LogP contribution in [0.3, 0.4) is 0 Å². The van der Waals surface area contributed by atoms with Gasteiger partial charge in [-0.1, -0.05) is 23.7 Å². The van der Waals surface area contributed by atoms with E-state index in [1.54, 1.807) is 0 Å². The Hall–Kier alpha value is -0.0900. The molecule has 0 saturated carbocycles. The molecule has 1 aliphatic rings. The largest absolute Gasteiger partial charge is 0.388 e. The van der Waals surface area contributed by atoms with Crippen molar-refractivity contribution in [3.8, 4) is 0 Å². The Labute approximate surface area is 115 Å². The molecule has 1 aromatic rings. The summed E-state index contributed by atoms with van der Waals surface area (Å²) in [5.74, 6) is 0. The molecule has 0 aromatic heterocycles. The van der Waals surface area contributed by atoms with Crippen LogP contribution in [0.4, 0.5) is 0 Å². The van der Waals surface area contributed by atoms with Crippen molar-refractivity contribution in [3.05, 3.63) is 33.3 Å². The van der Waals surface area contributed by atoms with Crippen molar-refractivity contribution in [2.45, 2.75) is 37.9 Å². The molecule has 0 amide bonds. The van der Waals surface area contributed by atoms with Crippen molar-refractivity contribution in [1.29, 1.82) is 0 Å². The molecule has 1 fully saturated rings. The second kappa shape index (κ2) is 6.19. The molecule has 1 aromatic carbocycles. The van der Waals surface area contributed by atoms with Crippen LogP contribution in [-0.2, 0) is 4.74 Å². The Morgan fingerprint density at radius 2 is 2.35 bits per heavy atom. The van der Waals surface area contributed by atoms with Gasteiger partial charge in [0.15, 0.2) is 0 Å². The van der Waals surface area contributed by atoms with E-state index < -0.39 is 6.10 Å². The van der Waals surface area contributed by atoms with Gasteiger partial charge >= 0.3 is 0 Å². The van der Waals surface area contributed by atoms with Gasteiger partial charge in [0, 0.05) is 16.6 Å². The van der Waals surface area contributed by atoms with Gasteiger partial charge in [-0.2, -0.15) is 0 Å². The fourth-order valence-electron chi connectivity index (χ4n) is 2.15. The van der Waals surface area contributed by atoms with Crippen molar-refractivity contribution in [1.82, 2.24) is 0 Å². The van der Waals surface area contributed by atoms with Gasteiger partial charge in [0.2, 0.25) is 0 Å². The molecule has 4 heteroatoms. The van der Waals surface area contributed by atoms with E-state index in [1.165, 1.54) is 0 Å². The summed E-state index contributed by atoms with van der Waals surface area (Å²) in [6.45, 7) is 0.860. The normalized spacial score (nSPS) is 21.7. The first kappa shape index (κ1) is 13.3. The van der Waals surface area contributed by atoms with E-state index in [0.717, 1.165) is 35.9 Å². The van der Waals surface area contributed by atoms with Crippen LogP contribution >= 0.6 is 27.5 Å². The highest BCUT2D eigenvalue weighted by molar-refractivity contribution is 9.10. The quantitative estimate of drug-likeness (QED) is 0.905. The first-order valence-electron chi connectivity index (χ1n) is 5.92. The minimum atomic E-state index is -0.510. The molecule has 17 heavy (non-hydrogen) atoms. The lowest BCUT2D eigenvalue weighted by atomic mass is 10.0. The molecule has 0 radical (unpaired) electrons. The maximum absolute atomic E-state index is 10.1. The van der Waals surface area contributed by atoms with Crippen LogP contribution in [0.5, 0.6) is 0 Å². The Balaban J connectivity index is 1.94. The van der Waals surface area contributed by atoms with Crippen LogP contribution in [0.2, 0.25) is 5.02 Å². The van der Waals surface area contributed by atoms with E-state index in [2.05, 4.69) is 15.9 Å². The van der Waals surface area contributed by atoms with Crippen molar-refractivity contribution in [2.75, 3.05) is 6.61 Å². The number of ether oxygens (including phenoxy) is 1. The monoisotopic (exact) mass is 318 g/mol. The number of rotatable bonds is 4. The molecule has 0 aliphatic carbocycles. The van der Waals surface area contributed by atoms with Gasteiger partial charge in [0.05, 0.1) is 17.2 Å². The molecule has 2 rings (SSSR count). The van der Waals surface area contributed by atoms with Gasteiger partial charge in [0.25, 0.3) is 0 Å². The van der Waals surface area contributed by atoms with E-state index in [4.69, 9.17) is 16.3 Å². The summed E-state index contributed by atoms with van der Waals surface area (Å²) in [6.07, 6.45) is 3.64. The topological polar surface area (TPSA) is 29.5 Å². The Morgan fingerprint density at radius 3 is 3.06 bits per heavy atom. The fourth-order valence-corrected chi connectivity index (χ4v) is 2.78. The summed E-state index contributed by atoms with van der Waals surface area (Å²) in [4.78, 5) is 0. The van der Waals surface area contributed by atoms with Crippen LogP contribution in [0.15, 0.2) is 22.7 Å². The summed E-state index contributed by atoms with van der Waals surface area (Å²) in [7, 11) is 0. The minimum absolute atomic E-state index is 0.315. The number of hydrogen-bond acceptors (Lipinski definition) is 2. The summed E-state index contributed by atoms with van der Waals surface area (Å²) in [6, 6.07) is 5.63. The molecular formula is C13H16BrClO2. The molecule has 94 valence electrons. The van der Waals surface area contributed by atoms with Crippen LogP contribution < -0.4 is 0 Å². The molecule has 2 atom stereocenters.